The molecule has 1 aliphatic heterocycles. The summed E-state index contributed by atoms with van der Waals surface area (Å²) >= 11 is 5.86. The molecule has 1 saturated heterocycles. The number of aromatic nitrogens is 1. The summed E-state index contributed by atoms with van der Waals surface area (Å²) in [6.07, 6.45) is 6.74. The van der Waals surface area contributed by atoms with Crippen LogP contribution in [0.3, 0.4) is 0 Å². The number of amides is 1. The maximum absolute atomic E-state index is 12.3. The fourth-order valence-electron chi connectivity index (χ4n) is 2.89. The Labute approximate surface area is 130 Å². The minimum atomic E-state index is 0.211. The molecular formula is C17H19ClN2O. The molecule has 1 fully saturated rings. The molecule has 3 rings (SSSR count). The van der Waals surface area contributed by atoms with Crippen LogP contribution in [-0.4, -0.2) is 28.5 Å². The monoisotopic (exact) mass is 302 g/mol. The Hall–Kier alpha value is -1.74. The van der Waals surface area contributed by atoms with E-state index in [0.29, 0.717) is 17.5 Å². The Kier molecular flexibility index (Phi) is 4.30. The fourth-order valence-corrected chi connectivity index (χ4v) is 3.02. The predicted molar refractivity (Wildman–Crippen MR) is 84.4 cm³/mol. The zero-order chi connectivity index (χ0) is 14.7. The number of hydrogen-bond donors (Lipinski definition) is 0. The largest absolute Gasteiger partial charge is 0.351 e. The molecule has 110 valence electrons. The molecule has 0 spiro atoms. The molecule has 2 heterocycles. The maximum Gasteiger partial charge on any atom is 0.226 e. The Morgan fingerprint density at radius 1 is 1.10 bits per heavy atom. The van der Waals surface area contributed by atoms with E-state index in [-0.39, 0.29) is 5.91 Å². The molecule has 0 unspecified atom stereocenters. The van der Waals surface area contributed by atoms with Crippen LogP contribution < -0.4 is 0 Å². The first kappa shape index (κ1) is 14.2. The summed E-state index contributed by atoms with van der Waals surface area (Å²) in [6.45, 7) is 1.69. The van der Waals surface area contributed by atoms with E-state index in [4.69, 9.17) is 11.6 Å². The lowest BCUT2D eigenvalue weighted by Crippen LogP contribution is -2.39. The van der Waals surface area contributed by atoms with Crippen molar-refractivity contribution in [1.82, 2.24) is 9.47 Å². The number of benzene rings is 1. The van der Waals surface area contributed by atoms with Crippen molar-refractivity contribution in [2.45, 2.75) is 25.3 Å². The van der Waals surface area contributed by atoms with Gasteiger partial charge in [0.2, 0.25) is 5.91 Å². The van der Waals surface area contributed by atoms with Crippen molar-refractivity contribution in [3.05, 3.63) is 59.4 Å². The zero-order valence-electron chi connectivity index (χ0n) is 11.9. The molecule has 2 aromatic rings. The van der Waals surface area contributed by atoms with E-state index >= 15 is 0 Å². The molecule has 0 aliphatic carbocycles. The lowest BCUT2D eigenvalue weighted by Gasteiger charge is -2.33. The second-order valence-electron chi connectivity index (χ2n) is 5.55. The van der Waals surface area contributed by atoms with Gasteiger partial charge in [-0.3, -0.25) is 4.79 Å². The summed E-state index contributed by atoms with van der Waals surface area (Å²) in [7, 11) is 0. The molecule has 0 saturated carbocycles. The van der Waals surface area contributed by atoms with Crippen LogP contribution in [0.4, 0.5) is 0 Å². The molecule has 0 radical (unpaired) electrons. The van der Waals surface area contributed by atoms with Crippen LogP contribution in [0.1, 0.15) is 24.4 Å². The summed E-state index contributed by atoms with van der Waals surface area (Å²) in [6, 6.07) is 12.2. The highest BCUT2D eigenvalue weighted by Crippen LogP contribution is 2.23. The lowest BCUT2D eigenvalue weighted by atomic mass is 10.0. The number of likely N-dealkylation sites (tertiary alicyclic amines) is 1. The smallest absolute Gasteiger partial charge is 0.226 e. The van der Waals surface area contributed by atoms with Crippen molar-refractivity contribution in [3.8, 4) is 0 Å². The maximum atomic E-state index is 12.3. The van der Waals surface area contributed by atoms with Gasteiger partial charge in [0.1, 0.15) is 0 Å². The fraction of sp³-hybridized carbons (Fsp3) is 0.353. The summed E-state index contributed by atoms with van der Waals surface area (Å²) in [5, 5.41) is 0.707. The van der Waals surface area contributed by atoms with E-state index in [9.17, 15) is 4.79 Å². The van der Waals surface area contributed by atoms with Crippen molar-refractivity contribution in [1.29, 1.82) is 0 Å². The molecule has 1 aromatic carbocycles. The van der Waals surface area contributed by atoms with Gasteiger partial charge < -0.3 is 9.47 Å². The van der Waals surface area contributed by atoms with Gasteiger partial charge in [-0.05, 0) is 42.7 Å². The topological polar surface area (TPSA) is 25.2 Å². The Bertz CT molecular complexity index is 584. The number of carbonyl (C=O) groups excluding carboxylic acids is 1. The van der Waals surface area contributed by atoms with E-state index in [1.54, 1.807) is 0 Å². The van der Waals surface area contributed by atoms with Gasteiger partial charge in [-0.25, -0.2) is 0 Å². The van der Waals surface area contributed by atoms with Crippen LogP contribution in [0.2, 0.25) is 5.02 Å². The average molecular weight is 303 g/mol. The highest BCUT2D eigenvalue weighted by Gasteiger charge is 2.23. The summed E-state index contributed by atoms with van der Waals surface area (Å²) in [5.41, 5.74) is 1.02. The minimum Gasteiger partial charge on any atom is -0.351 e. The number of rotatable bonds is 3. The van der Waals surface area contributed by atoms with Crippen LogP contribution >= 0.6 is 11.6 Å². The van der Waals surface area contributed by atoms with E-state index < -0.39 is 0 Å². The summed E-state index contributed by atoms with van der Waals surface area (Å²) < 4.78 is 2.25. The minimum absolute atomic E-state index is 0.211. The molecule has 1 amide bonds. The van der Waals surface area contributed by atoms with Crippen molar-refractivity contribution in [2.75, 3.05) is 13.1 Å². The van der Waals surface area contributed by atoms with Crippen molar-refractivity contribution >= 4 is 17.5 Å². The first-order chi connectivity index (χ1) is 10.2. The van der Waals surface area contributed by atoms with Gasteiger partial charge in [-0.15, -0.1) is 0 Å². The number of nitrogens with zero attached hydrogens (tertiary/aromatic N) is 2. The quantitative estimate of drug-likeness (QED) is 0.851. The van der Waals surface area contributed by atoms with Crippen LogP contribution in [0.5, 0.6) is 0 Å². The van der Waals surface area contributed by atoms with Crippen molar-refractivity contribution in [3.63, 3.8) is 0 Å². The summed E-state index contributed by atoms with van der Waals surface area (Å²) in [4.78, 5) is 14.3. The molecule has 1 aromatic heterocycles. The van der Waals surface area contributed by atoms with Crippen molar-refractivity contribution < 1.29 is 4.79 Å². The van der Waals surface area contributed by atoms with E-state index in [2.05, 4.69) is 29.1 Å². The standard InChI is InChI=1S/C17H19ClN2O/c18-15-5-3-14(4-6-15)13-17(21)20-11-7-16(8-12-20)19-9-1-2-10-19/h1-6,9-10,16H,7-8,11-13H2. The molecule has 3 nitrogen and oxygen atoms in total. The molecule has 4 heteroatoms. The van der Waals surface area contributed by atoms with Gasteiger partial charge in [0.15, 0.2) is 0 Å². The number of halogens is 1. The van der Waals surface area contributed by atoms with Crippen LogP contribution in [0.25, 0.3) is 0 Å². The highest BCUT2D eigenvalue weighted by molar-refractivity contribution is 6.30. The Balaban J connectivity index is 1.54. The average Bonchev–Trinajstić information content (AvgIpc) is 3.04. The number of carbonyl (C=O) groups is 1. The molecule has 0 N–H and O–H groups in total. The lowest BCUT2D eigenvalue weighted by molar-refractivity contribution is -0.131. The molecule has 0 bridgehead atoms. The third-order valence-electron chi connectivity index (χ3n) is 4.13. The van der Waals surface area contributed by atoms with E-state index in [1.165, 1.54) is 0 Å². The van der Waals surface area contributed by atoms with Crippen LogP contribution in [0.15, 0.2) is 48.8 Å². The zero-order valence-corrected chi connectivity index (χ0v) is 12.7. The van der Waals surface area contributed by atoms with Crippen LogP contribution in [0, 0.1) is 0 Å². The van der Waals surface area contributed by atoms with Gasteiger partial charge in [-0.2, -0.15) is 0 Å². The molecule has 1 aliphatic rings. The van der Waals surface area contributed by atoms with Gasteiger partial charge in [0, 0.05) is 36.5 Å². The van der Waals surface area contributed by atoms with Gasteiger partial charge in [0.05, 0.1) is 6.42 Å². The third-order valence-corrected chi connectivity index (χ3v) is 4.39. The second kappa shape index (κ2) is 6.35. The first-order valence-corrected chi connectivity index (χ1v) is 7.75. The predicted octanol–water partition coefficient (Wildman–Crippen LogP) is 3.55. The van der Waals surface area contributed by atoms with E-state index in [0.717, 1.165) is 31.5 Å². The Morgan fingerprint density at radius 2 is 1.71 bits per heavy atom. The normalized spacial score (nSPS) is 16.1. The molecule has 21 heavy (non-hydrogen) atoms. The van der Waals surface area contributed by atoms with E-state index in [1.807, 2.05) is 29.2 Å². The first-order valence-electron chi connectivity index (χ1n) is 7.37. The highest BCUT2D eigenvalue weighted by atomic mass is 35.5. The Morgan fingerprint density at radius 3 is 2.33 bits per heavy atom. The second-order valence-corrected chi connectivity index (χ2v) is 5.98. The SMILES string of the molecule is O=C(Cc1ccc(Cl)cc1)N1CCC(n2cccc2)CC1. The molecular weight excluding hydrogens is 284 g/mol. The van der Waals surface area contributed by atoms with Crippen molar-refractivity contribution in [2.24, 2.45) is 0 Å². The van der Waals surface area contributed by atoms with Gasteiger partial charge >= 0.3 is 0 Å². The van der Waals surface area contributed by atoms with Crippen LogP contribution in [-0.2, 0) is 11.2 Å². The third kappa shape index (κ3) is 3.48. The number of piperidine rings is 1. The summed E-state index contributed by atoms with van der Waals surface area (Å²) in [5.74, 6) is 0.211. The number of hydrogen-bond acceptors (Lipinski definition) is 1. The van der Waals surface area contributed by atoms with Gasteiger partial charge in [-0.1, -0.05) is 23.7 Å². The van der Waals surface area contributed by atoms with Gasteiger partial charge in [0.25, 0.3) is 0 Å². The molecule has 0 atom stereocenters.